The van der Waals surface area contributed by atoms with Crippen LogP contribution in [0.1, 0.15) is 40.2 Å². The maximum Gasteiger partial charge on any atom is 0.289 e. The van der Waals surface area contributed by atoms with Gasteiger partial charge in [0, 0.05) is 38.8 Å². The molecule has 138 valence electrons. The van der Waals surface area contributed by atoms with E-state index in [2.05, 4.69) is 22.2 Å². The summed E-state index contributed by atoms with van der Waals surface area (Å²) < 4.78 is 5.16. The van der Waals surface area contributed by atoms with Gasteiger partial charge in [0.2, 0.25) is 0 Å². The van der Waals surface area contributed by atoms with E-state index in [1.54, 1.807) is 34.9 Å². The minimum atomic E-state index is -0.147. The zero-order valence-electron chi connectivity index (χ0n) is 15.1. The molecule has 1 aliphatic heterocycles. The molecule has 2 amide bonds. The summed E-state index contributed by atoms with van der Waals surface area (Å²) >= 11 is 0. The number of furan rings is 1. The van der Waals surface area contributed by atoms with Gasteiger partial charge in [0.25, 0.3) is 11.8 Å². The first-order valence-electron chi connectivity index (χ1n) is 8.80. The fraction of sp³-hybridized carbons (Fsp3) is 0.444. The average molecular weight is 357 g/mol. The van der Waals surface area contributed by atoms with E-state index in [4.69, 9.17) is 4.42 Å². The van der Waals surface area contributed by atoms with Crippen molar-refractivity contribution < 1.29 is 14.0 Å². The van der Waals surface area contributed by atoms with Crippen LogP contribution in [-0.2, 0) is 0 Å². The van der Waals surface area contributed by atoms with Gasteiger partial charge >= 0.3 is 0 Å². The van der Waals surface area contributed by atoms with Crippen molar-refractivity contribution in [1.29, 1.82) is 0 Å². The molecule has 2 aromatic heterocycles. The van der Waals surface area contributed by atoms with Gasteiger partial charge in [0.15, 0.2) is 5.76 Å². The Hall–Kier alpha value is -2.90. The summed E-state index contributed by atoms with van der Waals surface area (Å²) in [5.41, 5.74) is 0.377. The zero-order chi connectivity index (χ0) is 18.5. The van der Waals surface area contributed by atoms with E-state index in [1.165, 1.54) is 6.26 Å². The number of carbonyl (C=O) groups is 2. The second kappa shape index (κ2) is 7.99. The van der Waals surface area contributed by atoms with Crippen LogP contribution in [0.4, 0.5) is 5.82 Å². The van der Waals surface area contributed by atoms with Crippen molar-refractivity contribution in [3.05, 3.63) is 41.7 Å². The summed E-state index contributed by atoms with van der Waals surface area (Å²) in [7, 11) is 0. The molecule has 0 spiro atoms. The molecule has 8 heteroatoms. The number of hydrogen-bond acceptors (Lipinski definition) is 6. The van der Waals surface area contributed by atoms with Crippen LogP contribution in [0, 0.1) is 6.92 Å². The maximum absolute atomic E-state index is 12.8. The fourth-order valence-corrected chi connectivity index (χ4v) is 2.85. The third kappa shape index (κ3) is 4.01. The molecular weight excluding hydrogens is 334 g/mol. The highest BCUT2D eigenvalue weighted by molar-refractivity contribution is 5.94. The van der Waals surface area contributed by atoms with Crippen LogP contribution in [0.5, 0.6) is 0 Å². The Morgan fingerprint density at radius 3 is 2.46 bits per heavy atom. The molecule has 0 aromatic carbocycles. The summed E-state index contributed by atoms with van der Waals surface area (Å²) in [6, 6.07) is 5.02. The Morgan fingerprint density at radius 1 is 1.15 bits per heavy atom. The monoisotopic (exact) mass is 357 g/mol. The second-order valence-electron chi connectivity index (χ2n) is 6.17. The van der Waals surface area contributed by atoms with Crippen LogP contribution >= 0.6 is 0 Å². The smallest absolute Gasteiger partial charge is 0.289 e. The van der Waals surface area contributed by atoms with Crippen LogP contribution in [0.3, 0.4) is 0 Å². The highest BCUT2D eigenvalue weighted by atomic mass is 16.3. The van der Waals surface area contributed by atoms with E-state index in [-0.39, 0.29) is 11.8 Å². The lowest BCUT2D eigenvalue weighted by molar-refractivity contribution is 0.0515. The minimum absolute atomic E-state index is 0.139. The van der Waals surface area contributed by atoms with Crippen molar-refractivity contribution in [2.45, 2.75) is 20.3 Å². The summed E-state index contributed by atoms with van der Waals surface area (Å²) in [5.74, 6) is 1.25. The number of anilines is 1. The molecule has 3 rings (SSSR count). The molecule has 0 atom stereocenters. The van der Waals surface area contributed by atoms with Gasteiger partial charge in [-0.2, -0.15) is 0 Å². The number of nitrogens with one attached hydrogen (secondary N) is 1. The molecule has 0 saturated carbocycles. The molecule has 1 N–H and O–H groups in total. The summed E-state index contributed by atoms with van der Waals surface area (Å²) in [6.45, 7) is 6.49. The van der Waals surface area contributed by atoms with Crippen LogP contribution in [0.2, 0.25) is 0 Å². The zero-order valence-corrected chi connectivity index (χ0v) is 15.1. The highest BCUT2D eigenvalue weighted by Gasteiger charge is 2.27. The predicted octanol–water partition coefficient (Wildman–Crippen LogP) is 1.80. The minimum Gasteiger partial charge on any atom is -0.459 e. The van der Waals surface area contributed by atoms with E-state index >= 15 is 0 Å². The van der Waals surface area contributed by atoms with Gasteiger partial charge in [0.1, 0.15) is 17.3 Å². The molecule has 26 heavy (non-hydrogen) atoms. The fourth-order valence-electron chi connectivity index (χ4n) is 2.85. The first-order chi connectivity index (χ1) is 12.6. The van der Waals surface area contributed by atoms with Crippen LogP contribution in [-0.4, -0.2) is 64.3 Å². The van der Waals surface area contributed by atoms with Crippen molar-refractivity contribution in [2.75, 3.05) is 38.0 Å². The summed E-state index contributed by atoms with van der Waals surface area (Å²) in [5, 5.41) is 3.19. The van der Waals surface area contributed by atoms with E-state index in [0.717, 1.165) is 13.0 Å². The lowest BCUT2D eigenvalue weighted by Crippen LogP contribution is -2.50. The third-order valence-electron chi connectivity index (χ3n) is 4.20. The van der Waals surface area contributed by atoms with E-state index in [0.29, 0.717) is 49.3 Å². The number of amides is 2. The van der Waals surface area contributed by atoms with Gasteiger partial charge in [-0.25, -0.2) is 9.97 Å². The molecule has 0 bridgehead atoms. The van der Waals surface area contributed by atoms with Gasteiger partial charge in [-0.3, -0.25) is 9.59 Å². The predicted molar refractivity (Wildman–Crippen MR) is 96.1 cm³/mol. The average Bonchev–Trinajstić information content (AvgIpc) is 3.19. The molecular formula is C18H23N5O3. The summed E-state index contributed by atoms with van der Waals surface area (Å²) in [6.07, 6.45) is 2.45. The molecule has 3 heterocycles. The number of aromatic nitrogens is 2. The van der Waals surface area contributed by atoms with Gasteiger partial charge in [0.05, 0.1) is 6.26 Å². The Kier molecular flexibility index (Phi) is 5.50. The van der Waals surface area contributed by atoms with Crippen molar-refractivity contribution in [2.24, 2.45) is 0 Å². The maximum atomic E-state index is 12.8. The van der Waals surface area contributed by atoms with Crippen molar-refractivity contribution >= 4 is 17.6 Å². The van der Waals surface area contributed by atoms with Crippen molar-refractivity contribution in [3.8, 4) is 0 Å². The molecule has 0 aliphatic carbocycles. The van der Waals surface area contributed by atoms with Gasteiger partial charge in [-0.15, -0.1) is 0 Å². The van der Waals surface area contributed by atoms with E-state index in [1.807, 2.05) is 0 Å². The highest BCUT2D eigenvalue weighted by Crippen LogP contribution is 2.13. The Bertz CT molecular complexity index is 767. The largest absolute Gasteiger partial charge is 0.459 e. The first-order valence-corrected chi connectivity index (χ1v) is 8.80. The summed E-state index contributed by atoms with van der Waals surface area (Å²) in [4.78, 5) is 37.1. The Labute approximate surface area is 152 Å². The number of aryl methyl sites for hydroxylation is 1. The topological polar surface area (TPSA) is 91.6 Å². The van der Waals surface area contributed by atoms with Gasteiger partial charge < -0.3 is 19.5 Å². The standard InChI is InChI=1S/C18H23N5O3/c1-3-6-19-16-12-14(20-13(2)21-16)17(24)22-7-9-23(10-8-22)18(25)15-5-4-11-26-15/h4-5,11-12H,3,6-10H2,1-2H3,(H,19,20,21). The SMILES string of the molecule is CCCNc1cc(C(=O)N2CCN(C(=O)c3ccco3)CC2)nc(C)n1. The normalized spacial score (nSPS) is 14.4. The first kappa shape index (κ1) is 17.9. The van der Waals surface area contributed by atoms with E-state index in [9.17, 15) is 9.59 Å². The Morgan fingerprint density at radius 2 is 1.85 bits per heavy atom. The number of nitrogens with zero attached hydrogens (tertiary/aromatic N) is 4. The molecule has 1 fully saturated rings. The van der Waals surface area contributed by atoms with Gasteiger partial charge in [-0.1, -0.05) is 6.92 Å². The molecule has 1 aliphatic rings. The molecule has 1 saturated heterocycles. The second-order valence-corrected chi connectivity index (χ2v) is 6.17. The molecule has 2 aromatic rings. The number of hydrogen-bond donors (Lipinski definition) is 1. The molecule has 0 unspecified atom stereocenters. The lowest BCUT2D eigenvalue weighted by atomic mass is 10.2. The molecule has 0 radical (unpaired) electrons. The van der Waals surface area contributed by atoms with E-state index < -0.39 is 0 Å². The Balaban J connectivity index is 1.63. The number of rotatable bonds is 5. The van der Waals surface area contributed by atoms with Crippen LogP contribution in [0.25, 0.3) is 0 Å². The quantitative estimate of drug-likeness (QED) is 0.877. The van der Waals surface area contributed by atoms with Crippen molar-refractivity contribution in [1.82, 2.24) is 19.8 Å². The van der Waals surface area contributed by atoms with Crippen LogP contribution in [0.15, 0.2) is 28.9 Å². The number of carbonyl (C=O) groups excluding carboxylic acids is 2. The van der Waals surface area contributed by atoms with Crippen LogP contribution < -0.4 is 5.32 Å². The lowest BCUT2D eigenvalue weighted by Gasteiger charge is -2.34. The van der Waals surface area contributed by atoms with Crippen molar-refractivity contribution in [3.63, 3.8) is 0 Å². The molecule has 8 nitrogen and oxygen atoms in total. The van der Waals surface area contributed by atoms with Gasteiger partial charge in [-0.05, 0) is 25.5 Å². The number of piperazine rings is 1. The third-order valence-corrected chi connectivity index (χ3v) is 4.20.